The van der Waals surface area contributed by atoms with Crippen molar-refractivity contribution < 1.29 is 4.52 Å². The van der Waals surface area contributed by atoms with Gasteiger partial charge in [0.05, 0.1) is 0 Å². The summed E-state index contributed by atoms with van der Waals surface area (Å²) in [7, 11) is 0. The zero-order valence-corrected chi connectivity index (χ0v) is 4.09. The van der Waals surface area contributed by atoms with Gasteiger partial charge in [0, 0.05) is 6.42 Å². The molecule has 0 fully saturated rings. The molecule has 0 aliphatic heterocycles. The van der Waals surface area contributed by atoms with Crippen molar-refractivity contribution in [2.24, 2.45) is 0 Å². The van der Waals surface area contributed by atoms with Gasteiger partial charge in [-0.25, -0.2) is 0 Å². The van der Waals surface area contributed by atoms with Crippen molar-refractivity contribution >= 4 is 0 Å². The van der Waals surface area contributed by atoms with Gasteiger partial charge in [-0.2, -0.15) is 4.98 Å². The molecule has 0 atom stereocenters. The third-order valence-electron chi connectivity index (χ3n) is 0.723. The summed E-state index contributed by atoms with van der Waals surface area (Å²) < 4.78 is 4.44. The van der Waals surface area contributed by atoms with Crippen LogP contribution >= 0.6 is 0 Å². The van der Waals surface area contributed by atoms with E-state index >= 15 is 0 Å². The lowest BCUT2D eigenvalue weighted by Crippen LogP contribution is -1.78. The summed E-state index contributed by atoms with van der Waals surface area (Å²) >= 11 is 0. The standard InChI is InChI=1S/C4H6N2O/c1-2-4-5-3-7-6-4/h3H,2H2,1H3. The Labute approximate surface area is 41.3 Å². The molecule has 7 heavy (non-hydrogen) atoms. The maximum Gasteiger partial charge on any atom is 0.213 e. The normalized spacial score (nSPS) is 9.29. The Balaban J connectivity index is 2.76. The van der Waals surface area contributed by atoms with E-state index in [4.69, 9.17) is 0 Å². The van der Waals surface area contributed by atoms with Crippen molar-refractivity contribution in [3.63, 3.8) is 0 Å². The molecule has 3 nitrogen and oxygen atoms in total. The molecule has 0 aliphatic rings. The SMILES string of the molecule is CCc1ncon1. The minimum atomic E-state index is 0.764. The average Bonchev–Trinajstić information content (AvgIpc) is 2.14. The lowest BCUT2D eigenvalue weighted by molar-refractivity contribution is 0.410. The Morgan fingerprint density at radius 2 is 2.71 bits per heavy atom. The second-order valence-electron chi connectivity index (χ2n) is 1.20. The largest absolute Gasteiger partial charge is 0.343 e. The van der Waals surface area contributed by atoms with Gasteiger partial charge in [0.2, 0.25) is 6.39 Å². The molecule has 0 amide bonds. The molecule has 0 radical (unpaired) electrons. The highest BCUT2D eigenvalue weighted by Gasteiger charge is 1.88. The van der Waals surface area contributed by atoms with Crippen LogP contribution in [-0.2, 0) is 6.42 Å². The molecule has 0 unspecified atom stereocenters. The van der Waals surface area contributed by atoms with Gasteiger partial charge in [0.25, 0.3) is 0 Å². The van der Waals surface area contributed by atoms with Gasteiger partial charge in [0.15, 0.2) is 5.82 Å². The highest BCUT2D eigenvalue weighted by Crippen LogP contribution is 1.85. The molecular formula is C4H6N2O. The van der Waals surface area contributed by atoms with Gasteiger partial charge in [-0.05, 0) is 0 Å². The monoisotopic (exact) mass is 98.0 g/mol. The molecule has 0 saturated carbocycles. The lowest BCUT2D eigenvalue weighted by atomic mass is 10.5. The highest BCUT2D eigenvalue weighted by molar-refractivity contribution is 4.73. The zero-order chi connectivity index (χ0) is 5.11. The first-order valence-corrected chi connectivity index (χ1v) is 2.18. The van der Waals surface area contributed by atoms with Crippen molar-refractivity contribution in [3.8, 4) is 0 Å². The first-order valence-electron chi connectivity index (χ1n) is 2.18. The third-order valence-corrected chi connectivity index (χ3v) is 0.723. The van der Waals surface area contributed by atoms with Gasteiger partial charge in [0.1, 0.15) is 0 Å². The van der Waals surface area contributed by atoms with Gasteiger partial charge in [-0.1, -0.05) is 12.1 Å². The maximum absolute atomic E-state index is 4.44. The van der Waals surface area contributed by atoms with Crippen molar-refractivity contribution in [1.82, 2.24) is 10.1 Å². The van der Waals surface area contributed by atoms with E-state index in [1.165, 1.54) is 6.39 Å². The number of aromatic nitrogens is 2. The van der Waals surface area contributed by atoms with Crippen LogP contribution in [0.25, 0.3) is 0 Å². The second kappa shape index (κ2) is 1.73. The van der Waals surface area contributed by atoms with E-state index < -0.39 is 0 Å². The van der Waals surface area contributed by atoms with Crippen LogP contribution in [0, 0.1) is 0 Å². The summed E-state index contributed by atoms with van der Waals surface area (Å²) in [4.78, 5) is 3.76. The smallest absolute Gasteiger partial charge is 0.213 e. The molecule has 1 aromatic rings. The van der Waals surface area contributed by atoms with E-state index in [0.717, 1.165) is 12.2 Å². The highest BCUT2D eigenvalue weighted by atomic mass is 16.5. The number of nitrogens with zero attached hydrogens (tertiary/aromatic N) is 2. The topological polar surface area (TPSA) is 38.9 Å². The van der Waals surface area contributed by atoms with Crippen molar-refractivity contribution in [2.75, 3.05) is 0 Å². The quantitative estimate of drug-likeness (QED) is 0.517. The lowest BCUT2D eigenvalue weighted by Gasteiger charge is -1.72. The van der Waals surface area contributed by atoms with E-state index in [2.05, 4.69) is 14.7 Å². The fourth-order valence-corrected chi connectivity index (χ4v) is 0.348. The molecule has 0 N–H and O–H groups in total. The van der Waals surface area contributed by atoms with E-state index in [1.54, 1.807) is 0 Å². The fraction of sp³-hybridized carbons (Fsp3) is 0.500. The molecular weight excluding hydrogens is 92.1 g/mol. The Hall–Kier alpha value is -0.860. The van der Waals surface area contributed by atoms with Crippen LogP contribution in [0.2, 0.25) is 0 Å². The molecule has 0 aliphatic carbocycles. The van der Waals surface area contributed by atoms with Crippen LogP contribution in [0.1, 0.15) is 12.7 Å². The fourth-order valence-electron chi connectivity index (χ4n) is 0.348. The number of aryl methyl sites for hydroxylation is 1. The van der Waals surface area contributed by atoms with Crippen LogP contribution in [0.15, 0.2) is 10.9 Å². The van der Waals surface area contributed by atoms with Crippen LogP contribution in [-0.4, -0.2) is 10.1 Å². The summed E-state index contributed by atoms with van der Waals surface area (Å²) in [6, 6.07) is 0. The Bertz CT molecular complexity index is 124. The summed E-state index contributed by atoms with van der Waals surface area (Å²) in [6.45, 7) is 1.98. The molecule has 3 heteroatoms. The average molecular weight is 98.1 g/mol. The van der Waals surface area contributed by atoms with Crippen LogP contribution < -0.4 is 0 Å². The first-order chi connectivity index (χ1) is 3.43. The van der Waals surface area contributed by atoms with E-state index in [9.17, 15) is 0 Å². The van der Waals surface area contributed by atoms with Crippen LogP contribution in [0.4, 0.5) is 0 Å². The Kier molecular flexibility index (Phi) is 1.06. The van der Waals surface area contributed by atoms with Crippen LogP contribution in [0.5, 0.6) is 0 Å². The van der Waals surface area contributed by atoms with Gasteiger partial charge in [-0.15, -0.1) is 0 Å². The molecule has 0 aromatic carbocycles. The van der Waals surface area contributed by atoms with E-state index in [0.29, 0.717) is 0 Å². The summed E-state index contributed by atoms with van der Waals surface area (Å²) in [5.41, 5.74) is 0. The second-order valence-corrected chi connectivity index (χ2v) is 1.20. The van der Waals surface area contributed by atoms with E-state index in [-0.39, 0.29) is 0 Å². The summed E-state index contributed by atoms with van der Waals surface area (Å²) in [5.74, 6) is 0.764. The number of rotatable bonds is 1. The minimum absolute atomic E-state index is 0.764. The predicted octanol–water partition coefficient (Wildman–Crippen LogP) is 0.632. The molecule has 0 spiro atoms. The van der Waals surface area contributed by atoms with Gasteiger partial charge >= 0.3 is 0 Å². The molecule has 0 saturated heterocycles. The van der Waals surface area contributed by atoms with Crippen molar-refractivity contribution in [1.29, 1.82) is 0 Å². The van der Waals surface area contributed by atoms with Crippen molar-refractivity contribution in [2.45, 2.75) is 13.3 Å². The molecule has 1 heterocycles. The molecule has 0 bridgehead atoms. The maximum atomic E-state index is 4.44. The van der Waals surface area contributed by atoms with Crippen LogP contribution in [0.3, 0.4) is 0 Å². The van der Waals surface area contributed by atoms with Crippen molar-refractivity contribution in [3.05, 3.63) is 12.2 Å². The summed E-state index contributed by atoms with van der Waals surface area (Å²) in [6.07, 6.45) is 2.18. The zero-order valence-electron chi connectivity index (χ0n) is 4.09. The molecule has 1 rings (SSSR count). The third kappa shape index (κ3) is 0.765. The molecule has 38 valence electrons. The Morgan fingerprint density at radius 3 is 3.00 bits per heavy atom. The first kappa shape index (κ1) is 4.30. The van der Waals surface area contributed by atoms with Gasteiger partial charge in [-0.3, -0.25) is 0 Å². The Morgan fingerprint density at radius 1 is 1.86 bits per heavy atom. The molecule has 1 aromatic heterocycles. The number of hydrogen-bond donors (Lipinski definition) is 0. The minimum Gasteiger partial charge on any atom is -0.343 e. The summed E-state index contributed by atoms with van der Waals surface area (Å²) in [5, 5.41) is 3.55. The van der Waals surface area contributed by atoms with Gasteiger partial charge < -0.3 is 4.52 Å². The predicted molar refractivity (Wildman–Crippen MR) is 23.7 cm³/mol. The van der Waals surface area contributed by atoms with E-state index in [1.807, 2.05) is 6.92 Å². The number of hydrogen-bond acceptors (Lipinski definition) is 3.